The van der Waals surface area contributed by atoms with Crippen LogP contribution in [0.1, 0.15) is 89.9 Å². The molecule has 2 nitrogen and oxygen atoms in total. The Morgan fingerprint density at radius 1 is 0.600 bits per heavy atom. The van der Waals surface area contributed by atoms with Gasteiger partial charge in [-0.1, -0.05) is 76.7 Å². The van der Waals surface area contributed by atoms with E-state index in [-0.39, 0.29) is 0 Å². The second-order valence-corrected chi connectivity index (χ2v) is 5.67. The summed E-state index contributed by atoms with van der Waals surface area (Å²) in [7, 11) is 0. The fourth-order valence-electron chi connectivity index (χ4n) is 2.47. The van der Waals surface area contributed by atoms with Gasteiger partial charge in [0.2, 0.25) is 0 Å². The molecule has 118 valence electrons. The zero-order valence-corrected chi connectivity index (χ0v) is 13.2. The third kappa shape index (κ3) is 17.4. The van der Waals surface area contributed by atoms with Crippen molar-refractivity contribution in [1.29, 1.82) is 0 Å². The van der Waals surface area contributed by atoms with E-state index in [1.807, 2.05) is 6.08 Å². The van der Waals surface area contributed by atoms with E-state index in [4.69, 9.17) is 5.11 Å². The zero-order chi connectivity index (χ0) is 14.7. The van der Waals surface area contributed by atoms with E-state index in [0.29, 0.717) is 6.61 Å². The lowest BCUT2D eigenvalue weighted by molar-refractivity contribution is -0.104. The van der Waals surface area contributed by atoms with Crippen LogP contribution in [0, 0.1) is 0 Å². The third-order valence-electron chi connectivity index (χ3n) is 3.74. The number of hydrogen-bond acceptors (Lipinski definition) is 2. The van der Waals surface area contributed by atoms with Crippen molar-refractivity contribution in [2.45, 2.75) is 89.9 Å². The predicted molar refractivity (Wildman–Crippen MR) is 86.9 cm³/mol. The van der Waals surface area contributed by atoms with E-state index in [1.54, 1.807) is 6.08 Å². The lowest BCUT2D eigenvalue weighted by Crippen LogP contribution is -1.85. The fraction of sp³-hybridized carbons (Fsp3) is 0.833. The molecule has 2 heteroatoms. The Bertz CT molecular complexity index is 211. The second kappa shape index (κ2) is 18.4. The standard InChI is InChI=1S/C18H34O2/c19-17-15-13-11-9-7-5-3-1-2-4-6-8-10-12-14-16-18-20/h13,15,17,20H,1-12,14,16,18H2. The SMILES string of the molecule is O=CC=CCCCCCCCCCCCCCCCO. The van der Waals surface area contributed by atoms with Crippen LogP contribution in [0.4, 0.5) is 0 Å². The molecule has 0 aliphatic heterocycles. The molecule has 0 spiro atoms. The Kier molecular flexibility index (Phi) is 17.8. The average molecular weight is 282 g/mol. The van der Waals surface area contributed by atoms with Crippen molar-refractivity contribution < 1.29 is 9.90 Å². The maximum Gasteiger partial charge on any atom is 0.142 e. The Morgan fingerprint density at radius 3 is 1.40 bits per heavy atom. The minimum absolute atomic E-state index is 0.355. The van der Waals surface area contributed by atoms with Gasteiger partial charge in [-0.05, 0) is 25.3 Å². The van der Waals surface area contributed by atoms with Crippen molar-refractivity contribution in [3.8, 4) is 0 Å². The molecule has 20 heavy (non-hydrogen) atoms. The number of aliphatic hydroxyl groups is 1. The van der Waals surface area contributed by atoms with E-state index < -0.39 is 0 Å². The molecule has 0 atom stereocenters. The molecule has 1 N–H and O–H groups in total. The van der Waals surface area contributed by atoms with Crippen LogP contribution in [0.5, 0.6) is 0 Å². The second-order valence-electron chi connectivity index (χ2n) is 5.67. The number of allylic oxidation sites excluding steroid dienone is 2. The molecule has 0 aromatic rings. The highest BCUT2D eigenvalue weighted by molar-refractivity contribution is 5.64. The molecule has 0 heterocycles. The van der Waals surface area contributed by atoms with Crippen LogP contribution >= 0.6 is 0 Å². The lowest BCUT2D eigenvalue weighted by Gasteiger charge is -2.02. The largest absolute Gasteiger partial charge is 0.396 e. The summed E-state index contributed by atoms with van der Waals surface area (Å²) < 4.78 is 0. The van der Waals surface area contributed by atoms with Gasteiger partial charge < -0.3 is 5.11 Å². The summed E-state index contributed by atoms with van der Waals surface area (Å²) in [6.45, 7) is 0.355. The Morgan fingerprint density at radius 2 is 1.00 bits per heavy atom. The predicted octanol–water partition coefficient (Wildman–Crippen LogP) is 5.20. The van der Waals surface area contributed by atoms with E-state index in [0.717, 1.165) is 19.1 Å². The van der Waals surface area contributed by atoms with E-state index in [9.17, 15) is 4.79 Å². The lowest BCUT2D eigenvalue weighted by atomic mass is 10.0. The quantitative estimate of drug-likeness (QED) is 0.240. The number of unbranched alkanes of at least 4 members (excludes halogenated alkanes) is 13. The number of hydrogen-bond donors (Lipinski definition) is 1. The summed E-state index contributed by atoms with van der Waals surface area (Å²) in [5, 5.41) is 8.66. The molecule has 0 rings (SSSR count). The van der Waals surface area contributed by atoms with Gasteiger partial charge in [-0.2, -0.15) is 0 Å². The van der Waals surface area contributed by atoms with Gasteiger partial charge in [0.1, 0.15) is 6.29 Å². The highest BCUT2D eigenvalue weighted by Crippen LogP contribution is 2.12. The van der Waals surface area contributed by atoms with Crippen molar-refractivity contribution >= 4 is 6.29 Å². The normalized spacial score (nSPS) is 11.2. The first-order valence-electron chi connectivity index (χ1n) is 8.63. The van der Waals surface area contributed by atoms with Crippen LogP contribution in [0.15, 0.2) is 12.2 Å². The van der Waals surface area contributed by atoms with Crippen LogP contribution < -0.4 is 0 Å². The molecular weight excluding hydrogens is 248 g/mol. The summed E-state index contributed by atoms with van der Waals surface area (Å²) in [5.41, 5.74) is 0. The molecule has 0 aromatic heterocycles. The van der Waals surface area contributed by atoms with Gasteiger partial charge in [0.25, 0.3) is 0 Å². The van der Waals surface area contributed by atoms with Crippen LogP contribution in [-0.2, 0) is 4.79 Å². The zero-order valence-electron chi connectivity index (χ0n) is 13.2. The smallest absolute Gasteiger partial charge is 0.142 e. The first-order chi connectivity index (χ1) is 9.91. The van der Waals surface area contributed by atoms with Crippen molar-refractivity contribution in [2.24, 2.45) is 0 Å². The summed E-state index contributed by atoms with van der Waals surface area (Å²) in [6, 6.07) is 0. The summed E-state index contributed by atoms with van der Waals surface area (Å²) in [6.07, 6.45) is 22.4. The summed E-state index contributed by atoms with van der Waals surface area (Å²) >= 11 is 0. The summed E-state index contributed by atoms with van der Waals surface area (Å²) in [5.74, 6) is 0. The highest BCUT2D eigenvalue weighted by Gasteiger charge is 1.93. The number of aldehydes is 1. The maximum atomic E-state index is 10.1. The van der Waals surface area contributed by atoms with Gasteiger partial charge in [0.05, 0.1) is 0 Å². The number of carbonyl (C=O) groups excluding carboxylic acids is 1. The van der Waals surface area contributed by atoms with E-state index in [1.165, 1.54) is 77.0 Å². The molecule has 0 fully saturated rings. The number of carbonyl (C=O) groups is 1. The monoisotopic (exact) mass is 282 g/mol. The van der Waals surface area contributed by atoms with Crippen molar-refractivity contribution in [1.82, 2.24) is 0 Å². The highest BCUT2D eigenvalue weighted by atomic mass is 16.2. The molecule has 0 radical (unpaired) electrons. The van der Waals surface area contributed by atoms with Gasteiger partial charge in [-0.25, -0.2) is 0 Å². The van der Waals surface area contributed by atoms with E-state index >= 15 is 0 Å². The van der Waals surface area contributed by atoms with Crippen molar-refractivity contribution in [2.75, 3.05) is 6.61 Å². The van der Waals surface area contributed by atoms with Crippen LogP contribution in [-0.4, -0.2) is 18.0 Å². The van der Waals surface area contributed by atoms with Gasteiger partial charge in [-0.3, -0.25) is 4.79 Å². The molecule has 0 amide bonds. The first-order valence-corrected chi connectivity index (χ1v) is 8.63. The molecule has 0 bridgehead atoms. The van der Waals surface area contributed by atoms with Gasteiger partial charge in [0.15, 0.2) is 0 Å². The first kappa shape index (κ1) is 19.4. The summed E-state index contributed by atoms with van der Waals surface area (Å²) in [4.78, 5) is 10.1. The molecule has 0 aliphatic carbocycles. The Hall–Kier alpha value is -0.630. The minimum atomic E-state index is 0.355. The van der Waals surface area contributed by atoms with Crippen molar-refractivity contribution in [3.63, 3.8) is 0 Å². The molecule has 0 aliphatic rings. The van der Waals surface area contributed by atoms with Crippen LogP contribution in [0.3, 0.4) is 0 Å². The van der Waals surface area contributed by atoms with Crippen LogP contribution in [0.25, 0.3) is 0 Å². The maximum absolute atomic E-state index is 10.1. The fourth-order valence-corrected chi connectivity index (χ4v) is 2.47. The average Bonchev–Trinajstić information content (AvgIpc) is 2.47. The van der Waals surface area contributed by atoms with E-state index in [2.05, 4.69) is 0 Å². The number of rotatable bonds is 16. The Balaban J connectivity index is 2.95. The molecular formula is C18H34O2. The Labute approximate surface area is 125 Å². The topological polar surface area (TPSA) is 37.3 Å². The van der Waals surface area contributed by atoms with Crippen LogP contribution in [0.2, 0.25) is 0 Å². The third-order valence-corrected chi connectivity index (χ3v) is 3.74. The molecule has 0 saturated heterocycles. The van der Waals surface area contributed by atoms with Gasteiger partial charge >= 0.3 is 0 Å². The van der Waals surface area contributed by atoms with Crippen molar-refractivity contribution in [3.05, 3.63) is 12.2 Å². The molecule has 0 saturated carbocycles. The number of aliphatic hydroxyl groups excluding tert-OH is 1. The minimum Gasteiger partial charge on any atom is -0.396 e. The van der Waals surface area contributed by atoms with Gasteiger partial charge in [0, 0.05) is 6.61 Å². The van der Waals surface area contributed by atoms with Gasteiger partial charge in [-0.15, -0.1) is 0 Å². The molecule has 0 aromatic carbocycles. The molecule has 0 unspecified atom stereocenters.